The molecule has 1 aromatic heterocycles. The van der Waals surface area contributed by atoms with Crippen molar-refractivity contribution in [3.05, 3.63) is 40.4 Å². The van der Waals surface area contributed by atoms with Gasteiger partial charge in [-0.1, -0.05) is 45.4 Å². The molecule has 3 rings (SSSR count). The summed E-state index contributed by atoms with van der Waals surface area (Å²) in [6.45, 7) is 2.53. The summed E-state index contributed by atoms with van der Waals surface area (Å²) in [5, 5.41) is 11.2. The Morgan fingerprint density at radius 2 is 2.27 bits per heavy atom. The quantitative estimate of drug-likeness (QED) is 0.490. The summed E-state index contributed by atoms with van der Waals surface area (Å²) in [7, 11) is 0. The Balaban J connectivity index is 1.49. The van der Waals surface area contributed by atoms with Gasteiger partial charge in [-0.05, 0) is 57.2 Å². The van der Waals surface area contributed by atoms with Gasteiger partial charge in [-0.25, -0.2) is 0 Å². The van der Waals surface area contributed by atoms with Gasteiger partial charge in [0.25, 0.3) is 5.22 Å². The lowest BCUT2D eigenvalue weighted by atomic mass is 9.97. The first-order valence-electron chi connectivity index (χ1n) is 8.83. The molecule has 0 radical (unpaired) electrons. The van der Waals surface area contributed by atoms with Crippen LogP contribution in [-0.2, 0) is 4.79 Å². The Bertz CT molecular complexity index is 791. The van der Waals surface area contributed by atoms with Crippen LogP contribution < -0.4 is 5.32 Å². The summed E-state index contributed by atoms with van der Waals surface area (Å²) in [6, 6.07) is 7.67. The van der Waals surface area contributed by atoms with E-state index in [1.165, 1.54) is 43.0 Å². The molecule has 0 fully saturated rings. The topological polar surface area (TPSA) is 68.0 Å². The molecule has 0 unspecified atom stereocenters. The normalized spacial score (nSPS) is 15.4. The highest BCUT2D eigenvalue weighted by Crippen LogP contribution is 2.27. The predicted octanol–water partition coefficient (Wildman–Crippen LogP) is 4.99. The number of amides is 1. The number of allylic oxidation sites excluding steroid dienone is 1. The number of thioether (sulfide) groups is 1. The van der Waals surface area contributed by atoms with Gasteiger partial charge < -0.3 is 9.73 Å². The molecule has 5 nitrogen and oxygen atoms in total. The van der Waals surface area contributed by atoms with Crippen molar-refractivity contribution < 1.29 is 9.21 Å². The van der Waals surface area contributed by atoms with Crippen molar-refractivity contribution in [3.8, 4) is 11.5 Å². The molecule has 138 valence electrons. The molecule has 1 aromatic carbocycles. The first-order chi connectivity index (χ1) is 12.6. The van der Waals surface area contributed by atoms with Gasteiger partial charge >= 0.3 is 0 Å². The number of benzene rings is 1. The molecular formula is C19H22BrN3O2S. The Kier molecular flexibility index (Phi) is 6.91. The minimum absolute atomic E-state index is 0.00591. The standard InChI is InChI=1S/C19H22BrN3O2S/c1-13(17(24)21-11-10-14-6-3-2-4-7-14)26-19-23-22-18(25-19)15-8-5-9-16(20)12-15/h5-6,8-9,12-13H,2-4,7,10-11H2,1H3,(H,21,24)/t13-/m0/s1. The second kappa shape index (κ2) is 9.37. The van der Waals surface area contributed by atoms with Gasteiger partial charge in [0.05, 0.1) is 5.25 Å². The maximum Gasteiger partial charge on any atom is 0.277 e. The van der Waals surface area contributed by atoms with E-state index in [2.05, 4.69) is 37.5 Å². The van der Waals surface area contributed by atoms with Gasteiger partial charge in [0.2, 0.25) is 11.8 Å². The fraction of sp³-hybridized carbons (Fsp3) is 0.421. The first kappa shape index (κ1) is 19.2. The number of halogens is 1. The van der Waals surface area contributed by atoms with Crippen LogP contribution in [0.15, 0.2) is 50.0 Å². The lowest BCUT2D eigenvalue weighted by molar-refractivity contribution is -0.120. The molecule has 0 spiro atoms. The van der Waals surface area contributed by atoms with E-state index < -0.39 is 0 Å². The summed E-state index contributed by atoms with van der Waals surface area (Å²) in [5.41, 5.74) is 2.31. The number of hydrogen-bond acceptors (Lipinski definition) is 5. The minimum atomic E-state index is -0.286. The highest BCUT2D eigenvalue weighted by atomic mass is 79.9. The molecule has 26 heavy (non-hydrogen) atoms. The van der Waals surface area contributed by atoms with Crippen LogP contribution in [0.5, 0.6) is 0 Å². The third-order valence-electron chi connectivity index (χ3n) is 4.26. The zero-order valence-electron chi connectivity index (χ0n) is 14.7. The number of rotatable bonds is 7. The monoisotopic (exact) mass is 435 g/mol. The molecule has 1 heterocycles. The molecule has 7 heteroatoms. The maximum absolute atomic E-state index is 12.3. The first-order valence-corrected chi connectivity index (χ1v) is 10.5. The highest BCUT2D eigenvalue weighted by molar-refractivity contribution is 9.10. The Labute approximate surface area is 166 Å². The zero-order valence-corrected chi connectivity index (χ0v) is 17.1. The molecule has 0 bridgehead atoms. The van der Waals surface area contributed by atoms with E-state index in [1.54, 1.807) is 0 Å². The number of aromatic nitrogens is 2. The molecule has 2 aromatic rings. The van der Waals surface area contributed by atoms with Crippen molar-refractivity contribution in [2.75, 3.05) is 6.54 Å². The molecule has 0 aliphatic heterocycles. The average molecular weight is 436 g/mol. The lowest BCUT2D eigenvalue weighted by Gasteiger charge is -2.14. The van der Waals surface area contributed by atoms with E-state index >= 15 is 0 Å². The van der Waals surface area contributed by atoms with Crippen molar-refractivity contribution >= 4 is 33.6 Å². The van der Waals surface area contributed by atoms with Crippen molar-refractivity contribution in [1.82, 2.24) is 15.5 Å². The molecule has 1 aliphatic rings. The summed E-state index contributed by atoms with van der Waals surface area (Å²) in [6.07, 6.45) is 8.15. The molecular weight excluding hydrogens is 414 g/mol. The van der Waals surface area contributed by atoms with Crippen molar-refractivity contribution in [1.29, 1.82) is 0 Å². The summed E-state index contributed by atoms with van der Waals surface area (Å²) >= 11 is 4.71. The van der Waals surface area contributed by atoms with Crippen molar-refractivity contribution in [3.63, 3.8) is 0 Å². The highest BCUT2D eigenvalue weighted by Gasteiger charge is 2.18. The van der Waals surface area contributed by atoms with Crippen LogP contribution in [0.3, 0.4) is 0 Å². The maximum atomic E-state index is 12.3. The fourth-order valence-electron chi connectivity index (χ4n) is 2.82. The van der Waals surface area contributed by atoms with Gasteiger partial charge in [0.15, 0.2) is 0 Å². The van der Waals surface area contributed by atoms with E-state index in [4.69, 9.17) is 4.42 Å². The van der Waals surface area contributed by atoms with Crippen molar-refractivity contribution in [2.24, 2.45) is 0 Å². The van der Waals surface area contributed by atoms with E-state index in [-0.39, 0.29) is 11.2 Å². The second-order valence-electron chi connectivity index (χ2n) is 6.29. The van der Waals surface area contributed by atoms with E-state index in [0.717, 1.165) is 16.5 Å². The third-order valence-corrected chi connectivity index (χ3v) is 5.68. The second-order valence-corrected chi connectivity index (χ2v) is 8.50. The largest absolute Gasteiger partial charge is 0.411 e. The van der Waals surface area contributed by atoms with Crippen LogP contribution in [0.25, 0.3) is 11.5 Å². The summed E-state index contributed by atoms with van der Waals surface area (Å²) in [5.74, 6) is 0.444. The average Bonchev–Trinajstić information content (AvgIpc) is 3.11. The van der Waals surface area contributed by atoms with Crippen LogP contribution in [0.2, 0.25) is 0 Å². The van der Waals surface area contributed by atoms with Crippen LogP contribution in [-0.4, -0.2) is 27.9 Å². The minimum Gasteiger partial charge on any atom is -0.411 e. The van der Waals surface area contributed by atoms with Gasteiger partial charge in [-0.3, -0.25) is 4.79 Å². The number of hydrogen-bond donors (Lipinski definition) is 1. The SMILES string of the molecule is C[C@H](Sc1nnc(-c2cccc(Br)c2)o1)C(=O)NCCC1=CCCCC1. The number of nitrogens with zero attached hydrogens (tertiary/aromatic N) is 2. The van der Waals surface area contributed by atoms with Gasteiger partial charge in [0.1, 0.15) is 0 Å². The van der Waals surface area contributed by atoms with Crippen molar-refractivity contribution in [2.45, 2.75) is 49.5 Å². The van der Waals surface area contributed by atoms with E-state index in [1.807, 2.05) is 31.2 Å². The van der Waals surface area contributed by atoms with Gasteiger partial charge in [-0.2, -0.15) is 0 Å². The smallest absolute Gasteiger partial charge is 0.277 e. The molecule has 1 N–H and O–H groups in total. The van der Waals surface area contributed by atoms with Crippen LogP contribution in [0.4, 0.5) is 0 Å². The third kappa shape index (κ3) is 5.45. The molecule has 0 saturated heterocycles. The number of nitrogens with one attached hydrogen (secondary N) is 1. The fourth-order valence-corrected chi connectivity index (χ4v) is 3.93. The summed E-state index contributed by atoms with van der Waals surface area (Å²) in [4.78, 5) is 12.3. The van der Waals surface area contributed by atoms with Gasteiger partial charge in [-0.15, -0.1) is 10.2 Å². The molecule has 0 saturated carbocycles. The molecule has 1 amide bonds. The zero-order chi connectivity index (χ0) is 18.4. The Morgan fingerprint density at radius 3 is 3.04 bits per heavy atom. The van der Waals surface area contributed by atoms with Crippen LogP contribution in [0.1, 0.15) is 39.0 Å². The Hall–Kier alpha value is -1.60. The van der Waals surface area contributed by atoms with E-state index in [0.29, 0.717) is 17.7 Å². The molecule has 1 aliphatic carbocycles. The summed E-state index contributed by atoms with van der Waals surface area (Å²) < 4.78 is 6.62. The predicted molar refractivity (Wildman–Crippen MR) is 107 cm³/mol. The Morgan fingerprint density at radius 1 is 1.38 bits per heavy atom. The molecule has 1 atom stereocenters. The van der Waals surface area contributed by atoms with Gasteiger partial charge in [0, 0.05) is 16.6 Å². The van der Waals surface area contributed by atoms with Crippen LogP contribution in [0, 0.1) is 0 Å². The lowest BCUT2D eigenvalue weighted by Crippen LogP contribution is -2.31. The number of carbonyl (C=O) groups is 1. The van der Waals surface area contributed by atoms with E-state index in [9.17, 15) is 4.79 Å². The van der Waals surface area contributed by atoms with Crippen LogP contribution >= 0.6 is 27.7 Å². The number of carbonyl (C=O) groups excluding carboxylic acids is 1.